The molecule has 2 saturated heterocycles. The first kappa shape index (κ1) is 26.9. The molecule has 2 aliphatic heterocycles. The summed E-state index contributed by atoms with van der Waals surface area (Å²) < 4.78 is 5.74. The number of ether oxygens (including phenoxy) is 1. The Kier molecular flexibility index (Phi) is 5.85. The molecule has 0 bridgehead atoms. The van der Waals surface area contributed by atoms with Crippen molar-refractivity contribution >= 4 is 16.9 Å². The zero-order chi connectivity index (χ0) is 30.4. The molecule has 2 aliphatic carbocycles. The number of nitrogens with zero attached hydrogens (tertiary/aromatic N) is 3. The highest BCUT2D eigenvalue weighted by Crippen LogP contribution is 2.53. The van der Waals surface area contributed by atoms with Gasteiger partial charge in [0.2, 0.25) is 0 Å². The van der Waals surface area contributed by atoms with E-state index in [9.17, 15) is 4.79 Å². The third-order valence-corrected chi connectivity index (χ3v) is 10.1. The van der Waals surface area contributed by atoms with Crippen molar-refractivity contribution in [1.82, 2.24) is 30.2 Å². The molecular weight excluding hydrogens is 560 g/mol. The largest absolute Gasteiger partial charge is 0.444 e. The fourth-order valence-corrected chi connectivity index (χ4v) is 7.56. The van der Waals surface area contributed by atoms with E-state index < -0.39 is 5.60 Å². The van der Waals surface area contributed by atoms with Crippen LogP contribution >= 0.6 is 0 Å². The van der Waals surface area contributed by atoms with Gasteiger partial charge in [-0.2, -0.15) is 0 Å². The number of nitrogens with one attached hydrogen (secondary N) is 3. The lowest BCUT2D eigenvalue weighted by Crippen LogP contribution is -2.38. The minimum atomic E-state index is -0.519. The molecule has 4 unspecified atom stereocenters. The van der Waals surface area contributed by atoms with Gasteiger partial charge in [0.05, 0.1) is 35.9 Å². The standard InChI is InChI=1S/C37H38N6O2/c1-37(2,3)45-36(44)43-32-16-27(32)17-33(43)35-39-19-31(42-35)25-11-10-23-12-22(8-9-24(23)13-25)20-4-6-21(7-5-20)30-18-38-34(41-30)29-15-26-14-28(26)40-29/h4-13,18-19,26-29,32-33,40H,14-17H2,1-3H3,(H,38,41)(H,39,42)/t26-,27?,28+,29?,32?,33?/m0/s1. The number of carbonyl (C=O) groups excluding carboxylic acids is 1. The number of aromatic nitrogens is 4. The van der Waals surface area contributed by atoms with Gasteiger partial charge >= 0.3 is 6.09 Å². The van der Waals surface area contributed by atoms with Gasteiger partial charge in [-0.25, -0.2) is 14.8 Å². The maximum atomic E-state index is 13.0. The number of aromatic amines is 2. The summed E-state index contributed by atoms with van der Waals surface area (Å²) in [7, 11) is 0. The van der Waals surface area contributed by atoms with Crippen molar-refractivity contribution in [2.75, 3.05) is 0 Å². The van der Waals surface area contributed by atoms with E-state index in [2.05, 4.69) is 80.9 Å². The first-order chi connectivity index (χ1) is 21.8. The van der Waals surface area contributed by atoms with Gasteiger partial charge in [0.25, 0.3) is 0 Å². The zero-order valence-corrected chi connectivity index (χ0v) is 25.9. The van der Waals surface area contributed by atoms with Gasteiger partial charge in [-0.3, -0.25) is 4.90 Å². The summed E-state index contributed by atoms with van der Waals surface area (Å²) >= 11 is 0. The van der Waals surface area contributed by atoms with Crippen molar-refractivity contribution in [3.05, 3.63) is 84.7 Å². The van der Waals surface area contributed by atoms with E-state index in [1.165, 1.54) is 34.7 Å². The van der Waals surface area contributed by atoms with Crippen molar-refractivity contribution < 1.29 is 9.53 Å². The first-order valence-electron chi connectivity index (χ1n) is 16.3. The monoisotopic (exact) mass is 598 g/mol. The highest BCUT2D eigenvalue weighted by Gasteiger charge is 2.56. The van der Waals surface area contributed by atoms with Crippen LogP contribution in [0.2, 0.25) is 0 Å². The molecule has 0 spiro atoms. The van der Waals surface area contributed by atoms with Crippen molar-refractivity contribution in [1.29, 1.82) is 0 Å². The van der Waals surface area contributed by atoms with Crippen LogP contribution in [0, 0.1) is 11.8 Å². The number of rotatable bonds is 5. The van der Waals surface area contributed by atoms with E-state index in [1.807, 2.05) is 38.1 Å². The number of amides is 1. The number of hydrogen-bond donors (Lipinski definition) is 3. The smallest absolute Gasteiger partial charge is 0.411 e. The van der Waals surface area contributed by atoms with Gasteiger partial charge in [-0.05, 0) is 97.9 Å². The molecule has 8 heteroatoms. The van der Waals surface area contributed by atoms with Crippen LogP contribution in [0.15, 0.2) is 73.1 Å². The topological polar surface area (TPSA) is 98.9 Å². The number of carbonyl (C=O) groups is 1. The predicted octanol–water partition coefficient (Wildman–Crippen LogP) is 7.78. The van der Waals surface area contributed by atoms with Crippen LogP contribution in [0.5, 0.6) is 0 Å². The molecule has 45 heavy (non-hydrogen) atoms. The third-order valence-electron chi connectivity index (χ3n) is 10.1. The van der Waals surface area contributed by atoms with Crippen molar-refractivity contribution in [2.24, 2.45) is 11.8 Å². The number of H-pyrrole nitrogens is 2. The SMILES string of the molecule is CC(C)(C)OC(=O)N1C(c2ncc(-c3ccc4cc(-c5ccc(-c6cnc(C7C[C@@H]8C[C@H]8N7)[nH]6)cc5)ccc4c3)[nH]2)CC2CC21. The van der Waals surface area contributed by atoms with E-state index in [0.29, 0.717) is 18.0 Å². The second-order valence-corrected chi connectivity index (χ2v) is 14.5. The predicted molar refractivity (Wildman–Crippen MR) is 174 cm³/mol. The normalized spacial score (nSPS) is 26.6. The van der Waals surface area contributed by atoms with Crippen LogP contribution in [-0.4, -0.2) is 48.6 Å². The molecule has 4 heterocycles. The van der Waals surface area contributed by atoms with Gasteiger partial charge in [-0.1, -0.05) is 48.5 Å². The molecule has 4 fully saturated rings. The number of benzene rings is 3. The Morgan fingerprint density at radius 3 is 2.13 bits per heavy atom. The van der Waals surface area contributed by atoms with Crippen LogP contribution in [-0.2, 0) is 4.74 Å². The number of likely N-dealkylation sites (tertiary alicyclic amines) is 1. The van der Waals surface area contributed by atoms with Gasteiger partial charge < -0.3 is 20.0 Å². The van der Waals surface area contributed by atoms with Gasteiger partial charge in [0.1, 0.15) is 17.2 Å². The van der Waals surface area contributed by atoms with E-state index in [0.717, 1.165) is 52.9 Å². The van der Waals surface area contributed by atoms with Crippen molar-refractivity contribution in [2.45, 2.75) is 76.2 Å². The maximum Gasteiger partial charge on any atom is 0.411 e. The quantitative estimate of drug-likeness (QED) is 0.192. The molecule has 4 aliphatic rings. The maximum absolute atomic E-state index is 13.0. The molecule has 5 aromatic rings. The number of fused-ring (bicyclic) bond motifs is 3. The molecule has 228 valence electrons. The summed E-state index contributed by atoms with van der Waals surface area (Å²) in [6.45, 7) is 5.74. The van der Waals surface area contributed by atoms with E-state index in [1.54, 1.807) is 0 Å². The van der Waals surface area contributed by atoms with Crippen LogP contribution in [0.4, 0.5) is 4.79 Å². The summed E-state index contributed by atoms with van der Waals surface area (Å²) in [5, 5.41) is 6.04. The summed E-state index contributed by atoms with van der Waals surface area (Å²) in [5.41, 5.74) is 6.10. The van der Waals surface area contributed by atoms with Crippen LogP contribution in [0.25, 0.3) is 44.4 Å². The summed E-state index contributed by atoms with van der Waals surface area (Å²) in [4.78, 5) is 31.4. The molecular formula is C37H38N6O2. The molecule has 9 rings (SSSR count). The lowest BCUT2D eigenvalue weighted by atomic mass is 9.98. The second kappa shape index (κ2) is 9.78. The van der Waals surface area contributed by atoms with Crippen LogP contribution in [0.1, 0.15) is 70.2 Å². The summed E-state index contributed by atoms with van der Waals surface area (Å²) in [6.07, 6.45) is 8.11. The van der Waals surface area contributed by atoms with Gasteiger partial charge in [0.15, 0.2) is 0 Å². The van der Waals surface area contributed by atoms with Crippen molar-refractivity contribution in [3.8, 4) is 33.6 Å². The average Bonchev–Trinajstić information content (AvgIpc) is 3.60. The Labute approximate surface area is 262 Å². The first-order valence-corrected chi connectivity index (χ1v) is 16.3. The molecule has 0 radical (unpaired) electrons. The molecule has 3 N–H and O–H groups in total. The van der Waals surface area contributed by atoms with Gasteiger partial charge in [0, 0.05) is 17.6 Å². The van der Waals surface area contributed by atoms with Crippen molar-refractivity contribution in [3.63, 3.8) is 0 Å². The molecule has 2 aromatic heterocycles. The Balaban J connectivity index is 0.913. The highest BCUT2D eigenvalue weighted by atomic mass is 16.6. The summed E-state index contributed by atoms with van der Waals surface area (Å²) in [5.74, 6) is 3.28. The van der Waals surface area contributed by atoms with E-state index in [-0.39, 0.29) is 18.2 Å². The number of hydrogen-bond acceptors (Lipinski definition) is 5. The second-order valence-electron chi connectivity index (χ2n) is 14.5. The Hall–Kier alpha value is -4.43. The molecule has 1 amide bonds. The summed E-state index contributed by atoms with van der Waals surface area (Å²) in [6, 6.07) is 23.1. The Morgan fingerprint density at radius 2 is 1.40 bits per heavy atom. The third kappa shape index (κ3) is 4.92. The zero-order valence-electron chi connectivity index (χ0n) is 25.9. The minimum absolute atomic E-state index is 0.0723. The molecule has 3 aromatic carbocycles. The number of imidazole rings is 2. The highest BCUT2D eigenvalue weighted by molar-refractivity contribution is 5.90. The fourth-order valence-electron chi connectivity index (χ4n) is 7.56. The Bertz CT molecular complexity index is 1920. The number of piperidine rings is 2. The average molecular weight is 599 g/mol. The van der Waals surface area contributed by atoms with Gasteiger partial charge in [-0.15, -0.1) is 0 Å². The molecule has 2 saturated carbocycles. The molecule has 6 atom stereocenters. The van der Waals surface area contributed by atoms with E-state index in [4.69, 9.17) is 9.72 Å². The lowest BCUT2D eigenvalue weighted by molar-refractivity contribution is 0.0175. The van der Waals surface area contributed by atoms with Crippen LogP contribution in [0.3, 0.4) is 0 Å². The molecule has 8 nitrogen and oxygen atoms in total. The van der Waals surface area contributed by atoms with Crippen LogP contribution < -0.4 is 5.32 Å². The van der Waals surface area contributed by atoms with E-state index >= 15 is 0 Å². The minimum Gasteiger partial charge on any atom is -0.444 e. The lowest BCUT2D eigenvalue weighted by Gasteiger charge is -2.29. The fraction of sp³-hybridized carbons (Fsp3) is 0.378. The Morgan fingerprint density at radius 1 is 0.756 bits per heavy atom.